The van der Waals surface area contributed by atoms with Crippen LogP contribution in [0.3, 0.4) is 0 Å². The van der Waals surface area contributed by atoms with Crippen LogP contribution >= 0.6 is 0 Å². The number of carbonyl (C=O) groups is 1. The molecule has 3 atom stereocenters. The van der Waals surface area contributed by atoms with Crippen molar-refractivity contribution in [2.24, 2.45) is 17.8 Å². The van der Waals surface area contributed by atoms with Crippen molar-refractivity contribution in [3.8, 4) is 0 Å². The van der Waals surface area contributed by atoms with Crippen LogP contribution in [0.4, 0.5) is 0 Å². The molecule has 0 aliphatic carbocycles. The van der Waals surface area contributed by atoms with Gasteiger partial charge in [0, 0.05) is 18.9 Å². The van der Waals surface area contributed by atoms with Crippen molar-refractivity contribution < 1.29 is 33.2 Å². The first-order chi connectivity index (χ1) is 16.3. The quantitative estimate of drug-likeness (QED) is 0.167. The molecule has 2 rings (SSSR count). The molecule has 2 aliphatic rings. The third-order valence-corrected chi connectivity index (χ3v) is 6.18. The topological polar surface area (TPSA) is 72.5 Å². The van der Waals surface area contributed by atoms with Crippen molar-refractivity contribution in [2.75, 3.05) is 41.3 Å². The van der Waals surface area contributed by atoms with Crippen molar-refractivity contribution in [2.45, 2.75) is 33.6 Å². The molecule has 2 saturated heterocycles. The van der Waals surface area contributed by atoms with E-state index in [0.717, 1.165) is 23.1 Å². The van der Waals surface area contributed by atoms with Gasteiger partial charge in [-0.1, -0.05) is 38.2 Å². The number of hydrogen-bond donors (Lipinski definition) is 0. The van der Waals surface area contributed by atoms with Crippen molar-refractivity contribution in [1.29, 1.82) is 0 Å². The molecule has 2 fully saturated rings. The molecule has 34 heavy (non-hydrogen) atoms. The fraction of sp³-hybridized carbons (Fsp3) is 0.519. The third kappa shape index (κ3) is 6.79. The summed E-state index contributed by atoms with van der Waals surface area (Å²) in [6.07, 6.45) is 7.10. The summed E-state index contributed by atoms with van der Waals surface area (Å²) in [5.74, 6) is 1.50. The van der Waals surface area contributed by atoms with E-state index in [4.69, 9.17) is 28.4 Å². The zero-order valence-corrected chi connectivity index (χ0v) is 21.3. The second-order valence-corrected chi connectivity index (χ2v) is 8.43. The molecule has 7 nitrogen and oxygen atoms in total. The second-order valence-electron chi connectivity index (χ2n) is 8.43. The highest BCUT2D eigenvalue weighted by atomic mass is 16.7. The van der Waals surface area contributed by atoms with E-state index in [2.05, 4.69) is 27.0 Å². The van der Waals surface area contributed by atoms with E-state index in [1.165, 1.54) is 0 Å². The number of carbonyl (C=O) groups excluding carboxylic acids is 1. The van der Waals surface area contributed by atoms with Gasteiger partial charge in [-0.15, -0.1) is 0 Å². The maximum atomic E-state index is 13.0. The molecule has 0 amide bonds. The number of cyclic esters (lactones) is 1. The van der Waals surface area contributed by atoms with E-state index in [1.807, 2.05) is 25.2 Å². The Bertz CT molecular complexity index is 891. The normalized spacial score (nSPS) is 23.8. The zero-order valence-electron chi connectivity index (χ0n) is 21.3. The highest BCUT2D eigenvalue weighted by molar-refractivity contribution is 5.76. The molecule has 188 valence electrons. The lowest BCUT2D eigenvalue weighted by atomic mass is 9.72. The molecule has 2 aliphatic heterocycles. The SMILES string of the molecule is C=C(/C=C(\C=C(/COC)OC)[C@H](/C(CC)=C(\C)C/C=C1/OCOC1=C)C1C(=O)OCC1C)OC. The molecule has 7 heteroatoms. The van der Waals surface area contributed by atoms with Gasteiger partial charge in [-0.2, -0.15) is 0 Å². The minimum absolute atomic E-state index is 0.0394. The average molecular weight is 475 g/mol. The summed E-state index contributed by atoms with van der Waals surface area (Å²) in [5, 5.41) is 0. The summed E-state index contributed by atoms with van der Waals surface area (Å²) in [6, 6.07) is 0. The van der Waals surface area contributed by atoms with Crippen molar-refractivity contribution in [3.05, 3.63) is 71.1 Å². The van der Waals surface area contributed by atoms with Crippen LogP contribution in [0.5, 0.6) is 0 Å². The standard InChI is InChI=1S/C27H38O7/c1-9-23(17(2)10-11-24-20(5)33-16-34-24)26(25-18(3)14-32-27(25)28)21(12-19(4)30-7)13-22(31-8)15-29-6/h11-13,18,25-26H,4-5,9-10,14-16H2,1-3,6-8H3/b21-12+,22-13+,23-17+,24-11+/t18?,25?,26-/m1/s1. The Morgan fingerprint density at radius 2 is 1.91 bits per heavy atom. The predicted octanol–water partition coefficient (Wildman–Crippen LogP) is 5.19. The average Bonchev–Trinajstić information content (AvgIpc) is 3.38. The van der Waals surface area contributed by atoms with Crippen LogP contribution in [0.1, 0.15) is 33.6 Å². The smallest absolute Gasteiger partial charge is 0.310 e. The van der Waals surface area contributed by atoms with Crippen LogP contribution < -0.4 is 0 Å². The molecule has 0 radical (unpaired) electrons. The molecule has 0 saturated carbocycles. The summed E-state index contributed by atoms with van der Waals surface area (Å²) >= 11 is 0. The van der Waals surface area contributed by atoms with Crippen LogP contribution in [0.2, 0.25) is 0 Å². The molecule has 0 bridgehead atoms. The molecular formula is C27H38O7. The first-order valence-electron chi connectivity index (χ1n) is 11.4. The Labute approximate surface area is 203 Å². The van der Waals surface area contributed by atoms with E-state index in [1.54, 1.807) is 21.3 Å². The first-order valence-corrected chi connectivity index (χ1v) is 11.4. The number of rotatable bonds is 12. The molecule has 2 heterocycles. The lowest BCUT2D eigenvalue weighted by Crippen LogP contribution is -2.28. The molecule has 0 aromatic rings. The Balaban J connectivity index is 2.65. The number of allylic oxidation sites excluding steroid dienone is 6. The summed E-state index contributed by atoms with van der Waals surface area (Å²) in [6.45, 7) is 14.9. The molecule has 0 spiro atoms. The largest absolute Gasteiger partial charge is 0.499 e. The van der Waals surface area contributed by atoms with Gasteiger partial charge in [0.25, 0.3) is 0 Å². The van der Waals surface area contributed by atoms with Crippen LogP contribution in [-0.2, 0) is 33.2 Å². The van der Waals surface area contributed by atoms with Crippen molar-refractivity contribution in [3.63, 3.8) is 0 Å². The molecule has 0 N–H and O–H groups in total. The number of hydrogen-bond acceptors (Lipinski definition) is 7. The van der Waals surface area contributed by atoms with Gasteiger partial charge in [0.15, 0.2) is 11.5 Å². The zero-order chi connectivity index (χ0) is 25.3. The number of methoxy groups -OCH3 is 3. The molecule has 2 unspecified atom stereocenters. The first kappa shape index (κ1) is 27.3. The van der Waals surface area contributed by atoms with Gasteiger partial charge in [-0.25, -0.2) is 0 Å². The Kier molecular flexibility index (Phi) is 10.5. The summed E-state index contributed by atoms with van der Waals surface area (Å²) in [4.78, 5) is 13.0. The predicted molar refractivity (Wildman–Crippen MR) is 130 cm³/mol. The van der Waals surface area contributed by atoms with Crippen LogP contribution in [0.15, 0.2) is 71.1 Å². The molecule has 0 aromatic carbocycles. The minimum Gasteiger partial charge on any atom is -0.499 e. The highest BCUT2D eigenvalue weighted by Gasteiger charge is 2.42. The summed E-state index contributed by atoms with van der Waals surface area (Å²) in [7, 11) is 4.77. The lowest BCUT2D eigenvalue weighted by Gasteiger charge is -2.29. The molecular weight excluding hydrogens is 436 g/mol. The van der Waals surface area contributed by atoms with Gasteiger partial charge in [-0.05, 0) is 43.6 Å². The maximum Gasteiger partial charge on any atom is 0.310 e. The van der Waals surface area contributed by atoms with Gasteiger partial charge in [0.1, 0.15) is 18.1 Å². The van der Waals surface area contributed by atoms with Gasteiger partial charge >= 0.3 is 5.97 Å². The monoisotopic (exact) mass is 474 g/mol. The van der Waals surface area contributed by atoms with E-state index in [0.29, 0.717) is 42.7 Å². The van der Waals surface area contributed by atoms with Crippen LogP contribution in [0.25, 0.3) is 0 Å². The van der Waals surface area contributed by atoms with Gasteiger partial charge in [0.2, 0.25) is 6.79 Å². The highest BCUT2D eigenvalue weighted by Crippen LogP contribution is 2.42. The van der Waals surface area contributed by atoms with Crippen molar-refractivity contribution >= 4 is 5.97 Å². The lowest BCUT2D eigenvalue weighted by molar-refractivity contribution is -0.142. The Morgan fingerprint density at radius 3 is 2.41 bits per heavy atom. The fourth-order valence-electron chi connectivity index (χ4n) is 4.34. The van der Waals surface area contributed by atoms with E-state index >= 15 is 0 Å². The summed E-state index contributed by atoms with van der Waals surface area (Å²) in [5.41, 5.74) is 3.12. The van der Waals surface area contributed by atoms with Crippen LogP contribution in [0, 0.1) is 17.8 Å². The number of esters is 1. The Hall–Kier alpha value is -2.93. The van der Waals surface area contributed by atoms with Gasteiger partial charge in [0.05, 0.1) is 26.7 Å². The van der Waals surface area contributed by atoms with Gasteiger partial charge < -0.3 is 28.4 Å². The Morgan fingerprint density at radius 1 is 1.18 bits per heavy atom. The van der Waals surface area contributed by atoms with Gasteiger partial charge in [-0.3, -0.25) is 4.79 Å². The maximum absolute atomic E-state index is 13.0. The third-order valence-electron chi connectivity index (χ3n) is 6.18. The number of ether oxygens (including phenoxy) is 6. The second kappa shape index (κ2) is 13.1. The van der Waals surface area contributed by atoms with E-state index in [-0.39, 0.29) is 30.5 Å². The van der Waals surface area contributed by atoms with Crippen molar-refractivity contribution in [1.82, 2.24) is 0 Å². The minimum atomic E-state index is -0.355. The van der Waals surface area contributed by atoms with Crippen LogP contribution in [-0.4, -0.2) is 47.3 Å². The van der Waals surface area contributed by atoms with E-state index < -0.39 is 0 Å². The fourth-order valence-corrected chi connectivity index (χ4v) is 4.34. The molecule has 0 aromatic heterocycles. The summed E-state index contributed by atoms with van der Waals surface area (Å²) < 4.78 is 32.5. The van der Waals surface area contributed by atoms with E-state index in [9.17, 15) is 4.79 Å².